The Kier molecular flexibility index (Phi) is 9.62. The highest BCUT2D eigenvalue weighted by Gasteiger charge is 2.41. The van der Waals surface area contributed by atoms with Crippen LogP contribution in [0.4, 0.5) is 0 Å². The molecule has 5 heteroatoms. The monoisotopic (exact) mass is 1030 g/mol. The molecule has 0 amide bonds. The molecule has 0 aromatic heterocycles. The molecule has 11 aromatic carbocycles. The first-order valence-electron chi connectivity index (χ1n) is 25.8. The van der Waals surface area contributed by atoms with Crippen molar-refractivity contribution >= 4 is 109 Å². The van der Waals surface area contributed by atoms with E-state index in [0.717, 1.165) is 38.1 Å². The van der Waals surface area contributed by atoms with Crippen molar-refractivity contribution in [2.75, 3.05) is 0 Å². The SMILES string of the molecule is Brc1ccc2ccc3c(Br)ccc4ccc1c2c43.OB(O)c1cccc2c1C1CCC2C1.c1cc(-c2ccc3ccc4c(-c5cccc6c5C5CCC6C5)ccc5ccc2c3c54)c2c(c1)C1CCC2C1. The van der Waals surface area contributed by atoms with E-state index in [1.165, 1.54) is 156 Å². The lowest BCUT2D eigenvalue weighted by molar-refractivity contribution is 0.425. The average Bonchev–Trinajstić information content (AvgIpc) is 4.30. The van der Waals surface area contributed by atoms with Crippen LogP contribution in [0.5, 0.6) is 0 Å². The van der Waals surface area contributed by atoms with Crippen LogP contribution in [0.2, 0.25) is 0 Å². The maximum Gasteiger partial charge on any atom is 0.488 e. The quantitative estimate of drug-likeness (QED) is 0.137. The Hall–Kier alpha value is -5.56. The van der Waals surface area contributed by atoms with Gasteiger partial charge >= 0.3 is 7.12 Å². The molecule has 70 heavy (non-hydrogen) atoms. The van der Waals surface area contributed by atoms with Crippen LogP contribution in [0.3, 0.4) is 0 Å². The van der Waals surface area contributed by atoms with E-state index in [1.807, 2.05) is 12.1 Å². The number of benzene rings is 11. The molecule has 0 heterocycles. The van der Waals surface area contributed by atoms with Crippen molar-refractivity contribution < 1.29 is 10.0 Å². The third-order valence-electron chi connectivity index (χ3n) is 18.4. The van der Waals surface area contributed by atoms with Gasteiger partial charge in [0.15, 0.2) is 0 Å². The van der Waals surface area contributed by atoms with Crippen LogP contribution in [0, 0.1) is 0 Å². The molecule has 2 nitrogen and oxygen atoms in total. The predicted octanol–water partition coefficient (Wildman–Crippen LogP) is 17.5. The summed E-state index contributed by atoms with van der Waals surface area (Å²) in [4.78, 5) is 0. The molecule has 6 aliphatic rings. The summed E-state index contributed by atoms with van der Waals surface area (Å²) in [6.07, 6.45) is 12.0. The van der Waals surface area contributed by atoms with Crippen molar-refractivity contribution in [1.29, 1.82) is 0 Å². The van der Waals surface area contributed by atoms with Gasteiger partial charge in [-0.2, -0.15) is 0 Å². The third kappa shape index (κ3) is 6.17. The van der Waals surface area contributed by atoms with E-state index in [9.17, 15) is 10.0 Å². The highest BCUT2D eigenvalue weighted by molar-refractivity contribution is 9.11. The topological polar surface area (TPSA) is 40.5 Å². The lowest BCUT2D eigenvalue weighted by Gasteiger charge is -2.22. The van der Waals surface area contributed by atoms with Gasteiger partial charge in [-0.15, -0.1) is 0 Å². The average molecular weight is 1030 g/mol. The Morgan fingerprint density at radius 2 is 0.671 bits per heavy atom. The number of fused-ring (bicyclic) bond motifs is 15. The first-order valence-corrected chi connectivity index (χ1v) is 27.4. The molecule has 0 aliphatic heterocycles. The second-order valence-electron chi connectivity index (χ2n) is 21.6. The summed E-state index contributed by atoms with van der Waals surface area (Å²) in [5, 5.41) is 34.9. The van der Waals surface area contributed by atoms with Crippen molar-refractivity contribution in [2.24, 2.45) is 0 Å². The summed E-state index contributed by atoms with van der Waals surface area (Å²) >= 11 is 7.30. The van der Waals surface area contributed by atoms with Crippen LogP contribution in [0.15, 0.2) is 161 Å². The molecule has 0 saturated heterocycles. The molecule has 17 rings (SSSR count). The smallest absolute Gasteiger partial charge is 0.423 e. The minimum atomic E-state index is -1.30. The van der Waals surface area contributed by atoms with E-state index in [1.54, 1.807) is 22.3 Å². The van der Waals surface area contributed by atoms with E-state index in [-0.39, 0.29) is 0 Å². The van der Waals surface area contributed by atoms with E-state index in [2.05, 4.69) is 171 Å². The predicted molar refractivity (Wildman–Crippen MR) is 301 cm³/mol. The van der Waals surface area contributed by atoms with Gasteiger partial charge in [0.25, 0.3) is 0 Å². The molecule has 0 spiro atoms. The summed E-state index contributed by atoms with van der Waals surface area (Å²) in [7, 11) is -1.30. The zero-order chi connectivity index (χ0) is 46.5. The Balaban J connectivity index is 0.000000113. The van der Waals surface area contributed by atoms with E-state index >= 15 is 0 Å². The normalized spacial score (nSPS) is 22.1. The second kappa shape index (κ2) is 16.0. The van der Waals surface area contributed by atoms with Gasteiger partial charge in [-0.3, -0.25) is 0 Å². The summed E-state index contributed by atoms with van der Waals surface area (Å²) in [5.74, 6) is 4.38. The van der Waals surface area contributed by atoms with E-state index < -0.39 is 7.12 Å². The molecular formula is C65H51BBr2O2. The van der Waals surface area contributed by atoms with Gasteiger partial charge in [-0.05, 0) is 231 Å². The lowest BCUT2D eigenvalue weighted by atomic mass is 9.72. The first-order chi connectivity index (χ1) is 34.4. The number of hydrogen-bond donors (Lipinski definition) is 2. The van der Waals surface area contributed by atoms with Crippen molar-refractivity contribution in [3.05, 3.63) is 194 Å². The third-order valence-corrected chi connectivity index (χ3v) is 19.8. The van der Waals surface area contributed by atoms with Gasteiger partial charge in [-0.1, -0.05) is 171 Å². The van der Waals surface area contributed by atoms with Crippen molar-refractivity contribution in [2.45, 2.75) is 93.3 Å². The maximum absolute atomic E-state index is 9.27. The zero-order valence-corrected chi connectivity index (χ0v) is 42.2. The summed E-state index contributed by atoms with van der Waals surface area (Å²) in [5.41, 5.74) is 15.8. The Morgan fingerprint density at radius 3 is 1.11 bits per heavy atom. The molecule has 11 aromatic rings. The van der Waals surface area contributed by atoms with Crippen LogP contribution >= 0.6 is 31.9 Å². The van der Waals surface area contributed by atoms with Gasteiger partial charge in [0, 0.05) is 8.95 Å². The molecule has 6 aliphatic carbocycles. The molecule has 2 N–H and O–H groups in total. The molecule has 6 bridgehead atoms. The lowest BCUT2D eigenvalue weighted by Crippen LogP contribution is -2.34. The fourth-order valence-electron chi connectivity index (χ4n) is 15.5. The number of halogens is 2. The highest BCUT2D eigenvalue weighted by Crippen LogP contribution is 2.58. The standard InChI is InChI=1S/C38H30.C16H8Br2.C11H13BO2/c1-3-27-23-7-9-25(19-23)35(27)31(5-1)29-15-11-21-14-18-34-30(16-12-22-13-17-33(29)37(21)38(22)34)32-6-2-4-28-24-8-10-26(20-24)36(28)32;17-13-8-4-10-2-6-12-14(18)7-3-9-1-5-11(13)16(10)15(9)12;13-12(14)10-3-1-2-9-7-4-5-8(6-7)11(9)10/h1-6,11-18,23-26H,7-10,19-20H2;1-8H;1-3,7-8,13-14H,4-6H2. The van der Waals surface area contributed by atoms with Crippen LogP contribution in [0.1, 0.15) is 127 Å². The molecule has 6 unspecified atom stereocenters. The van der Waals surface area contributed by atoms with Crippen molar-refractivity contribution in [3.63, 3.8) is 0 Å². The number of rotatable bonds is 3. The molecule has 0 radical (unpaired) electrons. The van der Waals surface area contributed by atoms with Crippen molar-refractivity contribution in [3.8, 4) is 22.3 Å². The maximum atomic E-state index is 9.27. The van der Waals surface area contributed by atoms with Crippen LogP contribution in [-0.2, 0) is 0 Å². The van der Waals surface area contributed by atoms with Gasteiger partial charge in [0.2, 0.25) is 0 Å². The van der Waals surface area contributed by atoms with Crippen LogP contribution in [0.25, 0.3) is 86.9 Å². The fourth-order valence-corrected chi connectivity index (χ4v) is 16.4. The minimum Gasteiger partial charge on any atom is -0.423 e. The first kappa shape index (κ1) is 42.2. The van der Waals surface area contributed by atoms with Gasteiger partial charge in [0.05, 0.1) is 0 Å². The van der Waals surface area contributed by atoms with Crippen molar-refractivity contribution in [1.82, 2.24) is 0 Å². The molecule has 3 fully saturated rings. The number of hydrogen-bond acceptors (Lipinski definition) is 2. The zero-order valence-electron chi connectivity index (χ0n) is 39.0. The van der Waals surface area contributed by atoms with Crippen LogP contribution in [-0.4, -0.2) is 17.2 Å². The highest BCUT2D eigenvalue weighted by atomic mass is 79.9. The van der Waals surface area contributed by atoms with E-state index in [0.29, 0.717) is 11.8 Å². The summed E-state index contributed by atoms with van der Waals surface area (Å²) < 4.78 is 2.31. The van der Waals surface area contributed by atoms with Gasteiger partial charge in [0.1, 0.15) is 0 Å². The molecule has 3 saturated carbocycles. The fraction of sp³-hybridized carbons (Fsp3) is 0.231. The summed E-state index contributed by atoms with van der Waals surface area (Å²) in [6.45, 7) is 0. The van der Waals surface area contributed by atoms with Gasteiger partial charge in [-0.25, -0.2) is 0 Å². The summed E-state index contributed by atoms with van der Waals surface area (Å²) in [6, 6.07) is 56.7. The largest absolute Gasteiger partial charge is 0.488 e. The van der Waals surface area contributed by atoms with E-state index in [4.69, 9.17) is 0 Å². The Morgan fingerprint density at radius 1 is 0.329 bits per heavy atom. The van der Waals surface area contributed by atoms with Gasteiger partial charge < -0.3 is 10.0 Å². The molecular weight excluding hydrogens is 983 g/mol. The minimum absolute atomic E-state index is 0.591. The Labute approximate surface area is 425 Å². The Bertz CT molecular complexity index is 3730. The molecule has 6 atom stereocenters. The second-order valence-corrected chi connectivity index (χ2v) is 23.3. The molecule has 340 valence electrons. The van der Waals surface area contributed by atoms with Crippen LogP contribution < -0.4 is 5.46 Å².